The molecule has 0 spiro atoms. The van der Waals surface area contributed by atoms with E-state index in [0.717, 1.165) is 5.56 Å². The summed E-state index contributed by atoms with van der Waals surface area (Å²) in [4.78, 5) is 0. The quantitative estimate of drug-likeness (QED) is 0.793. The van der Waals surface area contributed by atoms with Gasteiger partial charge in [-0.3, -0.25) is 0 Å². The lowest BCUT2D eigenvalue weighted by molar-refractivity contribution is 0.217. The fourth-order valence-corrected chi connectivity index (χ4v) is 2.84. The minimum atomic E-state index is -3.19. The molecule has 0 fully saturated rings. The van der Waals surface area contributed by atoms with Crippen molar-refractivity contribution in [3.8, 4) is 5.75 Å². The summed E-state index contributed by atoms with van der Waals surface area (Å²) in [5, 5.41) is 0. The monoisotopic (exact) mass is 273 g/mol. The first-order chi connectivity index (χ1) is 8.48. The smallest absolute Gasteiger partial charge is 0.154 e. The highest BCUT2D eigenvalue weighted by molar-refractivity contribution is 7.91. The molecule has 1 aromatic carbocycles. The fourth-order valence-electron chi connectivity index (χ4n) is 1.51. The van der Waals surface area contributed by atoms with Crippen molar-refractivity contribution < 1.29 is 17.9 Å². The van der Waals surface area contributed by atoms with Gasteiger partial charge in [0.25, 0.3) is 0 Å². The van der Waals surface area contributed by atoms with Gasteiger partial charge in [-0.1, -0.05) is 12.1 Å². The van der Waals surface area contributed by atoms with Crippen LogP contribution in [0.4, 0.5) is 0 Å². The Balaban J connectivity index is 2.66. The first-order valence-corrected chi connectivity index (χ1v) is 7.39. The molecule has 1 atom stereocenters. The molecule has 0 saturated heterocycles. The number of hydrogen-bond acceptors (Lipinski definition) is 5. The largest absolute Gasteiger partial charge is 0.497 e. The Hall–Kier alpha value is -1.11. The number of hydrogen-bond donors (Lipinski definition) is 1. The van der Waals surface area contributed by atoms with E-state index in [1.54, 1.807) is 31.4 Å². The standard InChI is InChI=1S/C12H19NO4S/c1-16-7-8-18(14,15)9-12(13)10-3-5-11(17-2)6-4-10/h3-6,12H,7-9,13H2,1-2H3. The Bertz CT molecular complexity index is 455. The molecule has 2 N–H and O–H groups in total. The van der Waals surface area contributed by atoms with Crippen LogP contribution in [0.2, 0.25) is 0 Å². The topological polar surface area (TPSA) is 78.6 Å². The molecule has 0 aliphatic heterocycles. The summed E-state index contributed by atoms with van der Waals surface area (Å²) in [7, 11) is -0.143. The van der Waals surface area contributed by atoms with Gasteiger partial charge in [0.05, 0.1) is 25.2 Å². The van der Waals surface area contributed by atoms with E-state index in [-0.39, 0.29) is 18.1 Å². The number of methoxy groups -OCH3 is 2. The van der Waals surface area contributed by atoms with E-state index in [1.807, 2.05) is 0 Å². The van der Waals surface area contributed by atoms with Crippen molar-refractivity contribution in [1.29, 1.82) is 0 Å². The lowest BCUT2D eigenvalue weighted by Crippen LogP contribution is -2.25. The van der Waals surface area contributed by atoms with Gasteiger partial charge in [-0.05, 0) is 17.7 Å². The molecule has 0 amide bonds. The minimum absolute atomic E-state index is 0.00659. The zero-order chi connectivity index (χ0) is 13.6. The van der Waals surface area contributed by atoms with Crippen LogP contribution < -0.4 is 10.5 Å². The minimum Gasteiger partial charge on any atom is -0.497 e. The highest BCUT2D eigenvalue weighted by Crippen LogP contribution is 2.17. The number of benzene rings is 1. The van der Waals surface area contributed by atoms with Crippen molar-refractivity contribution in [2.75, 3.05) is 32.3 Å². The second-order valence-electron chi connectivity index (χ2n) is 3.99. The molecule has 0 aliphatic rings. The predicted molar refractivity (Wildman–Crippen MR) is 70.5 cm³/mol. The van der Waals surface area contributed by atoms with Crippen LogP contribution >= 0.6 is 0 Å². The van der Waals surface area contributed by atoms with Gasteiger partial charge in [0.15, 0.2) is 9.84 Å². The molecule has 0 aromatic heterocycles. The van der Waals surface area contributed by atoms with Crippen LogP contribution in [0.25, 0.3) is 0 Å². The molecule has 0 aliphatic carbocycles. The molecule has 18 heavy (non-hydrogen) atoms. The lowest BCUT2D eigenvalue weighted by Gasteiger charge is -2.13. The van der Waals surface area contributed by atoms with E-state index in [0.29, 0.717) is 5.75 Å². The molecule has 102 valence electrons. The maximum atomic E-state index is 11.7. The number of nitrogens with two attached hydrogens (primary N) is 1. The third kappa shape index (κ3) is 4.64. The van der Waals surface area contributed by atoms with Gasteiger partial charge in [-0.25, -0.2) is 8.42 Å². The highest BCUT2D eigenvalue weighted by atomic mass is 32.2. The Morgan fingerprint density at radius 2 is 1.83 bits per heavy atom. The average Bonchev–Trinajstić information content (AvgIpc) is 2.36. The van der Waals surface area contributed by atoms with Crippen molar-refractivity contribution in [3.63, 3.8) is 0 Å². The molecular weight excluding hydrogens is 254 g/mol. The summed E-state index contributed by atoms with van der Waals surface area (Å²) in [6.45, 7) is 0.192. The first kappa shape index (κ1) is 14.9. The second-order valence-corrected chi connectivity index (χ2v) is 6.22. The molecule has 0 radical (unpaired) electrons. The van der Waals surface area contributed by atoms with Gasteiger partial charge >= 0.3 is 0 Å². The molecule has 0 saturated carbocycles. The lowest BCUT2D eigenvalue weighted by atomic mass is 10.1. The van der Waals surface area contributed by atoms with Gasteiger partial charge in [0.2, 0.25) is 0 Å². The Labute approximate surface area is 108 Å². The summed E-state index contributed by atoms with van der Waals surface area (Å²) in [5.74, 6) is 0.629. The molecule has 5 nitrogen and oxygen atoms in total. The van der Waals surface area contributed by atoms with Crippen LogP contribution in [0, 0.1) is 0 Å². The van der Waals surface area contributed by atoms with Crippen molar-refractivity contribution in [1.82, 2.24) is 0 Å². The van der Waals surface area contributed by atoms with Gasteiger partial charge in [-0.15, -0.1) is 0 Å². The zero-order valence-electron chi connectivity index (χ0n) is 10.6. The normalized spacial score (nSPS) is 13.3. The van der Waals surface area contributed by atoms with E-state index in [9.17, 15) is 8.42 Å². The van der Waals surface area contributed by atoms with Crippen molar-refractivity contribution in [2.45, 2.75) is 6.04 Å². The van der Waals surface area contributed by atoms with Crippen LogP contribution in [0.3, 0.4) is 0 Å². The SMILES string of the molecule is COCCS(=O)(=O)CC(N)c1ccc(OC)cc1. The second kappa shape index (κ2) is 6.72. The molecule has 1 rings (SSSR count). The van der Waals surface area contributed by atoms with Crippen molar-refractivity contribution in [2.24, 2.45) is 5.73 Å². The van der Waals surface area contributed by atoms with Crippen LogP contribution in [-0.2, 0) is 14.6 Å². The Kier molecular flexibility index (Phi) is 5.58. The summed E-state index contributed by atoms with van der Waals surface area (Å²) in [6.07, 6.45) is 0. The maximum Gasteiger partial charge on any atom is 0.154 e. The number of ether oxygens (including phenoxy) is 2. The summed E-state index contributed by atoms with van der Waals surface area (Å²) in [6, 6.07) is 6.54. The van der Waals surface area contributed by atoms with Gasteiger partial charge in [0.1, 0.15) is 5.75 Å². The highest BCUT2D eigenvalue weighted by Gasteiger charge is 2.17. The number of sulfone groups is 1. The Morgan fingerprint density at radius 3 is 2.33 bits per heavy atom. The van der Waals surface area contributed by atoms with E-state index in [1.165, 1.54) is 7.11 Å². The average molecular weight is 273 g/mol. The van der Waals surface area contributed by atoms with Crippen molar-refractivity contribution >= 4 is 9.84 Å². The fraction of sp³-hybridized carbons (Fsp3) is 0.500. The summed E-state index contributed by atoms with van der Waals surface area (Å²) in [5.41, 5.74) is 6.66. The molecular formula is C12H19NO4S. The number of rotatable bonds is 7. The van der Waals surface area contributed by atoms with E-state index in [2.05, 4.69) is 0 Å². The molecule has 1 aromatic rings. The van der Waals surface area contributed by atoms with Gasteiger partial charge < -0.3 is 15.2 Å². The molecule has 1 unspecified atom stereocenters. The predicted octanol–water partition coefficient (Wildman–Crippen LogP) is 0.756. The van der Waals surface area contributed by atoms with E-state index in [4.69, 9.17) is 15.2 Å². The molecule has 0 bridgehead atoms. The van der Waals surface area contributed by atoms with Gasteiger partial charge in [0, 0.05) is 13.2 Å². The van der Waals surface area contributed by atoms with E-state index >= 15 is 0 Å². The van der Waals surface area contributed by atoms with Crippen LogP contribution in [0.15, 0.2) is 24.3 Å². The van der Waals surface area contributed by atoms with Crippen LogP contribution in [-0.4, -0.2) is 40.7 Å². The molecule has 0 heterocycles. The summed E-state index contributed by atoms with van der Waals surface area (Å²) < 4.78 is 33.2. The summed E-state index contributed by atoms with van der Waals surface area (Å²) >= 11 is 0. The van der Waals surface area contributed by atoms with Gasteiger partial charge in [-0.2, -0.15) is 0 Å². The third-order valence-electron chi connectivity index (χ3n) is 2.58. The third-order valence-corrected chi connectivity index (χ3v) is 4.23. The maximum absolute atomic E-state index is 11.7. The first-order valence-electron chi connectivity index (χ1n) is 5.57. The zero-order valence-corrected chi connectivity index (χ0v) is 11.4. The van der Waals surface area contributed by atoms with E-state index < -0.39 is 15.9 Å². The van der Waals surface area contributed by atoms with Crippen molar-refractivity contribution in [3.05, 3.63) is 29.8 Å². The Morgan fingerprint density at radius 1 is 1.22 bits per heavy atom. The molecule has 6 heteroatoms. The van der Waals surface area contributed by atoms with Crippen LogP contribution in [0.1, 0.15) is 11.6 Å². The van der Waals surface area contributed by atoms with Crippen LogP contribution in [0.5, 0.6) is 5.75 Å².